The molecule has 0 amide bonds. The zero-order chi connectivity index (χ0) is 16.5. The highest BCUT2D eigenvalue weighted by Gasteiger charge is 2.38. The zero-order valence-electron chi connectivity index (χ0n) is 11.4. The Bertz CT molecular complexity index is 710. The Kier molecular flexibility index (Phi) is 5.65. The van der Waals surface area contributed by atoms with Crippen molar-refractivity contribution < 1.29 is 31.5 Å². The van der Waals surface area contributed by atoms with Gasteiger partial charge in [0.2, 0.25) is 0 Å². The predicted molar refractivity (Wildman–Crippen MR) is 73.2 cm³/mol. The van der Waals surface area contributed by atoms with Crippen molar-refractivity contribution in [1.82, 2.24) is 4.98 Å². The van der Waals surface area contributed by atoms with E-state index in [-0.39, 0.29) is 29.2 Å². The van der Waals surface area contributed by atoms with E-state index in [0.717, 1.165) is 13.2 Å². The molecule has 0 aliphatic rings. The number of nitrogens with zero attached hydrogens (tertiary/aromatic N) is 1. The molecule has 0 radical (unpaired) electrons. The predicted octanol–water partition coefficient (Wildman–Crippen LogP) is 4.25. The smallest absolute Gasteiger partial charge is 0.422 e. The first kappa shape index (κ1) is 18.8. The lowest BCUT2D eigenvalue weighted by molar-refractivity contribution is -0.142. The molecule has 0 spiro atoms. The highest BCUT2D eigenvalue weighted by molar-refractivity contribution is 5.90. The molecule has 2 rings (SSSR count). The number of pyridine rings is 1. The summed E-state index contributed by atoms with van der Waals surface area (Å²) in [6.07, 6.45) is -3.97. The average Bonchev–Trinajstić information content (AvgIpc) is 2.44. The number of rotatable bonds is 2. The molecule has 0 bridgehead atoms. The number of esters is 1. The molecule has 2 aromatic rings. The molecule has 0 saturated heterocycles. The van der Waals surface area contributed by atoms with Crippen LogP contribution in [0.3, 0.4) is 0 Å². The average molecular weight is 354 g/mol. The molecule has 0 N–H and O–H groups in total. The van der Waals surface area contributed by atoms with E-state index < -0.39 is 29.3 Å². The van der Waals surface area contributed by atoms with Gasteiger partial charge in [-0.05, 0) is 24.3 Å². The summed E-state index contributed by atoms with van der Waals surface area (Å²) < 4.78 is 69.1. The number of alkyl halides is 3. The molecule has 0 atom stereocenters. The molecule has 0 aliphatic heterocycles. The van der Waals surface area contributed by atoms with Crippen molar-refractivity contribution in [3.8, 4) is 11.3 Å². The number of halogens is 6. The summed E-state index contributed by atoms with van der Waals surface area (Å²) in [5.41, 5.74) is -2.21. The summed E-state index contributed by atoms with van der Waals surface area (Å²) in [5, 5.41) is 0. The normalized spacial score (nSPS) is 10.9. The van der Waals surface area contributed by atoms with Crippen molar-refractivity contribution in [2.75, 3.05) is 7.11 Å². The van der Waals surface area contributed by atoms with E-state index in [1.165, 1.54) is 12.3 Å². The lowest BCUT2D eigenvalue weighted by atomic mass is 10.1. The second-order valence-corrected chi connectivity index (χ2v) is 4.23. The van der Waals surface area contributed by atoms with Gasteiger partial charge in [-0.15, -0.1) is 12.4 Å². The van der Waals surface area contributed by atoms with Crippen LogP contribution in [0.15, 0.2) is 30.5 Å². The van der Waals surface area contributed by atoms with Gasteiger partial charge in [0.1, 0.15) is 17.2 Å². The van der Waals surface area contributed by atoms with Crippen molar-refractivity contribution in [2.45, 2.75) is 6.18 Å². The van der Waals surface area contributed by atoms with Crippen molar-refractivity contribution in [1.29, 1.82) is 0 Å². The number of benzene rings is 1. The van der Waals surface area contributed by atoms with Crippen LogP contribution >= 0.6 is 12.4 Å². The van der Waals surface area contributed by atoms with E-state index in [4.69, 9.17) is 0 Å². The number of ether oxygens (including phenoxy) is 1. The van der Waals surface area contributed by atoms with Gasteiger partial charge in [-0.2, -0.15) is 13.2 Å². The number of carbonyl (C=O) groups excluding carboxylic acids is 1. The zero-order valence-corrected chi connectivity index (χ0v) is 12.3. The molecule has 1 aromatic carbocycles. The minimum atomic E-state index is -5.14. The SMILES string of the molecule is COC(=O)c1ccnc(-c2cc(F)c(C(F)(F)F)c(F)c2)c1.Cl. The van der Waals surface area contributed by atoms with E-state index >= 15 is 0 Å². The van der Waals surface area contributed by atoms with Gasteiger partial charge in [-0.25, -0.2) is 13.6 Å². The fourth-order valence-electron chi connectivity index (χ4n) is 1.83. The molecule has 1 heterocycles. The Morgan fingerprint density at radius 3 is 2.17 bits per heavy atom. The number of methoxy groups -OCH3 is 1. The standard InChI is InChI=1S/C14H8F5NO2.ClH/c1-22-13(21)7-2-3-20-11(6-7)8-4-9(15)12(10(16)5-8)14(17,18)19;/h2-6H,1H3;1H. The van der Waals surface area contributed by atoms with Crippen LogP contribution in [0, 0.1) is 11.6 Å². The van der Waals surface area contributed by atoms with Crippen LogP contribution in [0.2, 0.25) is 0 Å². The maximum absolute atomic E-state index is 13.5. The summed E-state index contributed by atoms with van der Waals surface area (Å²) in [6, 6.07) is 3.48. The number of hydrogen-bond acceptors (Lipinski definition) is 3. The van der Waals surface area contributed by atoms with Crippen molar-refractivity contribution in [2.24, 2.45) is 0 Å². The van der Waals surface area contributed by atoms with Crippen LogP contribution < -0.4 is 0 Å². The molecule has 3 nitrogen and oxygen atoms in total. The molecule has 0 saturated carbocycles. The van der Waals surface area contributed by atoms with Crippen molar-refractivity contribution >= 4 is 18.4 Å². The van der Waals surface area contributed by atoms with E-state index in [1.54, 1.807) is 0 Å². The highest BCUT2D eigenvalue weighted by atomic mass is 35.5. The Balaban J connectivity index is 0.00000264. The largest absolute Gasteiger partial charge is 0.465 e. The summed E-state index contributed by atoms with van der Waals surface area (Å²) >= 11 is 0. The van der Waals surface area contributed by atoms with Gasteiger partial charge in [0.05, 0.1) is 18.4 Å². The lowest BCUT2D eigenvalue weighted by Crippen LogP contribution is -2.11. The molecule has 23 heavy (non-hydrogen) atoms. The number of aromatic nitrogens is 1. The topological polar surface area (TPSA) is 39.2 Å². The molecular weight excluding hydrogens is 345 g/mol. The third-order valence-electron chi connectivity index (χ3n) is 2.80. The second kappa shape index (κ2) is 6.91. The van der Waals surface area contributed by atoms with E-state index in [0.29, 0.717) is 12.1 Å². The first-order valence-corrected chi connectivity index (χ1v) is 5.85. The fraction of sp³-hybridized carbons (Fsp3) is 0.143. The first-order chi connectivity index (χ1) is 10.2. The monoisotopic (exact) mass is 353 g/mol. The van der Waals surface area contributed by atoms with Crippen molar-refractivity contribution in [3.63, 3.8) is 0 Å². The minimum absolute atomic E-state index is 0. The van der Waals surface area contributed by atoms with Gasteiger partial charge >= 0.3 is 12.1 Å². The Morgan fingerprint density at radius 2 is 1.70 bits per heavy atom. The van der Waals surface area contributed by atoms with Gasteiger partial charge in [0.15, 0.2) is 0 Å². The number of hydrogen-bond donors (Lipinski definition) is 0. The second-order valence-electron chi connectivity index (χ2n) is 4.23. The van der Waals surface area contributed by atoms with Crippen LogP contribution in [0.5, 0.6) is 0 Å². The lowest BCUT2D eigenvalue weighted by Gasteiger charge is -2.11. The van der Waals surface area contributed by atoms with Gasteiger partial charge in [0.25, 0.3) is 0 Å². The van der Waals surface area contributed by atoms with Crippen molar-refractivity contribution in [3.05, 3.63) is 53.2 Å². The van der Waals surface area contributed by atoms with E-state index in [2.05, 4.69) is 9.72 Å². The Labute approximate surface area is 133 Å². The molecule has 0 unspecified atom stereocenters. The van der Waals surface area contributed by atoms with E-state index in [1.807, 2.05) is 0 Å². The quantitative estimate of drug-likeness (QED) is 0.598. The van der Waals surface area contributed by atoms with Crippen LogP contribution in [0.4, 0.5) is 22.0 Å². The fourth-order valence-corrected chi connectivity index (χ4v) is 1.83. The molecule has 9 heteroatoms. The summed E-state index contributed by atoms with van der Waals surface area (Å²) in [4.78, 5) is 15.1. The third kappa shape index (κ3) is 3.95. The maximum Gasteiger partial charge on any atom is 0.422 e. The highest BCUT2D eigenvalue weighted by Crippen LogP contribution is 2.35. The number of carbonyl (C=O) groups is 1. The summed E-state index contributed by atoms with van der Waals surface area (Å²) in [6.45, 7) is 0. The van der Waals surface area contributed by atoms with Crippen LogP contribution in [0.1, 0.15) is 15.9 Å². The third-order valence-corrected chi connectivity index (χ3v) is 2.80. The molecule has 0 fully saturated rings. The maximum atomic E-state index is 13.5. The van der Waals surface area contributed by atoms with Gasteiger partial charge in [-0.3, -0.25) is 4.98 Å². The summed E-state index contributed by atoms with van der Waals surface area (Å²) in [5.74, 6) is -4.22. The summed E-state index contributed by atoms with van der Waals surface area (Å²) in [7, 11) is 1.14. The van der Waals surface area contributed by atoms with E-state index in [9.17, 15) is 26.7 Å². The van der Waals surface area contributed by atoms with Crippen LogP contribution in [0.25, 0.3) is 11.3 Å². The minimum Gasteiger partial charge on any atom is -0.465 e. The van der Waals surface area contributed by atoms with Gasteiger partial charge in [-0.1, -0.05) is 0 Å². The Morgan fingerprint density at radius 1 is 1.13 bits per heavy atom. The van der Waals surface area contributed by atoms with Gasteiger partial charge in [0, 0.05) is 11.8 Å². The van der Waals surface area contributed by atoms with Crippen LogP contribution in [-0.4, -0.2) is 18.1 Å². The molecular formula is C14H9ClF5NO2. The molecule has 124 valence electrons. The van der Waals surface area contributed by atoms with Crippen LogP contribution in [-0.2, 0) is 10.9 Å². The van der Waals surface area contributed by atoms with Gasteiger partial charge < -0.3 is 4.74 Å². The molecule has 0 aliphatic carbocycles. The molecule has 1 aromatic heterocycles. The Hall–Kier alpha value is -2.22. The first-order valence-electron chi connectivity index (χ1n) is 5.85.